The Hall–Kier alpha value is -0.830. The highest BCUT2D eigenvalue weighted by molar-refractivity contribution is 9.10. The van der Waals surface area contributed by atoms with Crippen molar-refractivity contribution >= 4 is 27.5 Å². The van der Waals surface area contributed by atoms with E-state index in [0.29, 0.717) is 5.02 Å². The molecule has 0 spiro atoms. The van der Waals surface area contributed by atoms with Gasteiger partial charge in [0.05, 0.1) is 0 Å². The van der Waals surface area contributed by atoms with Crippen LogP contribution in [-0.2, 0) is 0 Å². The summed E-state index contributed by atoms with van der Waals surface area (Å²) < 4.78 is 0.959. The predicted octanol–water partition coefficient (Wildman–Crippen LogP) is 4.49. The summed E-state index contributed by atoms with van der Waals surface area (Å²) in [7, 11) is 0. The van der Waals surface area contributed by atoms with Crippen LogP contribution in [0.4, 0.5) is 0 Å². The summed E-state index contributed by atoms with van der Waals surface area (Å²) in [6.07, 6.45) is -0.621. The van der Waals surface area contributed by atoms with E-state index in [1.807, 2.05) is 43.3 Å². The van der Waals surface area contributed by atoms with Crippen molar-refractivity contribution in [1.82, 2.24) is 0 Å². The predicted molar refractivity (Wildman–Crippen MR) is 74.4 cm³/mol. The normalized spacial score (nSPS) is 12.5. The highest BCUT2D eigenvalue weighted by atomic mass is 79.9. The van der Waals surface area contributed by atoms with E-state index in [4.69, 9.17) is 11.6 Å². The first kappa shape index (κ1) is 12.6. The number of halogens is 2. The monoisotopic (exact) mass is 310 g/mol. The molecule has 0 amide bonds. The summed E-state index contributed by atoms with van der Waals surface area (Å²) in [6, 6.07) is 13.2. The second-order valence-corrected chi connectivity index (χ2v) is 5.31. The van der Waals surface area contributed by atoms with E-state index in [1.54, 1.807) is 6.07 Å². The molecule has 88 valence electrons. The van der Waals surface area contributed by atoms with Crippen LogP contribution in [0.25, 0.3) is 0 Å². The van der Waals surface area contributed by atoms with Gasteiger partial charge in [0, 0.05) is 9.50 Å². The third-order valence-electron chi connectivity index (χ3n) is 2.69. The largest absolute Gasteiger partial charge is 0.384 e. The van der Waals surface area contributed by atoms with Gasteiger partial charge in [0.1, 0.15) is 6.10 Å². The molecule has 0 heterocycles. The summed E-state index contributed by atoms with van der Waals surface area (Å²) >= 11 is 9.30. The number of hydrogen-bond donors (Lipinski definition) is 1. The fraction of sp³-hybridized carbons (Fsp3) is 0.143. The molecule has 1 N–H and O–H groups in total. The van der Waals surface area contributed by atoms with Crippen LogP contribution in [-0.4, -0.2) is 5.11 Å². The van der Waals surface area contributed by atoms with E-state index in [0.717, 1.165) is 21.2 Å². The molecule has 17 heavy (non-hydrogen) atoms. The van der Waals surface area contributed by atoms with E-state index in [2.05, 4.69) is 15.9 Å². The lowest BCUT2D eigenvalue weighted by molar-refractivity contribution is 0.219. The number of aryl methyl sites for hydroxylation is 1. The van der Waals surface area contributed by atoms with Crippen LogP contribution < -0.4 is 0 Å². The molecule has 2 rings (SSSR count). The number of benzene rings is 2. The summed E-state index contributed by atoms with van der Waals surface area (Å²) in [5.41, 5.74) is 2.74. The minimum absolute atomic E-state index is 0.621. The molecule has 0 unspecified atom stereocenters. The topological polar surface area (TPSA) is 20.2 Å². The van der Waals surface area contributed by atoms with E-state index in [1.165, 1.54) is 0 Å². The maximum Gasteiger partial charge on any atom is 0.104 e. The number of rotatable bonds is 2. The lowest BCUT2D eigenvalue weighted by atomic mass is 9.98. The molecule has 0 fully saturated rings. The molecule has 1 nitrogen and oxygen atoms in total. The molecule has 0 aliphatic carbocycles. The molecular weight excluding hydrogens is 300 g/mol. The Bertz CT molecular complexity index is 539. The molecule has 0 aromatic heterocycles. The second kappa shape index (κ2) is 5.21. The number of aliphatic hydroxyl groups excluding tert-OH is 1. The van der Waals surface area contributed by atoms with Crippen LogP contribution in [0.5, 0.6) is 0 Å². The van der Waals surface area contributed by atoms with Gasteiger partial charge in [-0.1, -0.05) is 45.7 Å². The average molecular weight is 312 g/mol. The van der Waals surface area contributed by atoms with Crippen molar-refractivity contribution in [3.8, 4) is 0 Å². The highest BCUT2D eigenvalue weighted by Crippen LogP contribution is 2.28. The zero-order chi connectivity index (χ0) is 12.4. The molecule has 1 atom stereocenters. The van der Waals surface area contributed by atoms with Crippen LogP contribution in [0.1, 0.15) is 22.8 Å². The van der Waals surface area contributed by atoms with Gasteiger partial charge < -0.3 is 5.11 Å². The highest BCUT2D eigenvalue weighted by Gasteiger charge is 2.13. The van der Waals surface area contributed by atoms with Crippen molar-refractivity contribution in [2.75, 3.05) is 0 Å². The lowest BCUT2D eigenvalue weighted by Crippen LogP contribution is -2.01. The van der Waals surface area contributed by atoms with Gasteiger partial charge in [-0.2, -0.15) is 0 Å². The summed E-state index contributed by atoms with van der Waals surface area (Å²) in [6.45, 7) is 1.95. The van der Waals surface area contributed by atoms with Crippen molar-refractivity contribution in [3.05, 3.63) is 68.7 Å². The van der Waals surface area contributed by atoms with Crippen molar-refractivity contribution in [3.63, 3.8) is 0 Å². The average Bonchev–Trinajstić information content (AvgIpc) is 2.28. The second-order valence-electron chi connectivity index (χ2n) is 3.96. The molecule has 0 aliphatic rings. The zero-order valence-corrected chi connectivity index (χ0v) is 11.7. The first-order chi connectivity index (χ1) is 8.08. The molecule has 0 saturated heterocycles. The maximum absolute atomic E-state index is 10.3. The van der Waals surface area contributed by atoms with E-state index < -0.39 is 6.10 Å². The van der Waals surface area contributed by atoms with Crippen LogP contribution in [0.3, 0.4) is 0 Å². The van der Waals surface area contributed by atoms with Crippen molar-refractivity contribution in [2.45, 2.75) is 13.0 Å². The fourth-order valence-electron chi connectivity index (χ4n) is 1.80. The zero-order valence-electron chi connectivity index (χ0n) is 9.32. The Morgan fingerprint density at radius 1 is 1.18 bits per heavy atom. The van der Waals surface area contributed by atoms with E-state index >= 15 is 0 Å². The molecule has 0 aliphatic heterocycles. The first-order valence-corrected chi connectivity index (χ1v) is 6.44. The van der Waals surface area contributed by atoms with Gasteiger partial charge in [0.15, 0.2) is 0 Å². The van der Waals surface area contributed by atoms with Crippen molar-refractivity contribution in [1.29, 1.82) is 0 Å². The van der Waals surface area contributed by atoms with Crippen LogP contribution in [0.2, 0.25) is 5.02 Å². The van der Waals surface area contributed by atoms with E-state index in [-0.39, 0.29) is 0 Å². The van der Waals surface area contributed by atoms with Crippen molar-refractivity contribution < 1.29 is 5.11 Å². The smallest absolute Gasteiger partial charge is 0.104 e. The minimum atomic E-state index is -0.621. The van der Waals surface area contributed by atoms with Crippen molar-refractivity contribution in [2.24, 2.45) is 0 Å². The molecular formula is C14H12BrClO. The van der Waals surface area contributed by atoms with Crippen LogP contribution in [0.15, 0.2) is 46.9 Å². The molecule has 3 heteroatoms. The number of hydrogen-bond acceptors (Lipinski definition) is 1. The third kappa shape index (κ3) is 2.89. The summed E-state index contributed by atoms with van der Waals surface area (Å²) in [5, 5.41) is 11.0. The third-order valence-corrected chi connectivity index (χ3v) is 3.42. The number of aliphatic hydroxyl groups is 1. The summed E-state index contributed by atoms with van der Waals surface area (Å²) in [5.74, 6) is 0. The maximum atomic E-state index is 10.3. The van der Waals surface area contributed by atoms with Gasteiger partial charge in [-0.05, 0) is 47.9 Å². The van der Waals surface area contributed by atoms with Gasteiger partial charge in [-0.3, -0.25) is 0 Å². The Morgan fingerprint density at radius 2 is 1.94 bits per heavy atom. The van der Waals surface area contributed by atoms with Gasteiger partial charge in [-0.15, -0.1) is 0 Å². The Balaban J connectivity index is 2.40. The van der Waals surface area contributed by atoms with Crippen LogP contribution >= 0.6 is 27.5 Å². The first-order valence-electron chi connectivity index (χ1n) is 5.27. The van der Waals surface area contributed by atoms with E-state index in [9.17, 15) is 5.11 Å². The quantitative estimate of drug-likeness (QED) is 0.866. The molecule has 2 aromatic carbocycles. The van der Waals surface area contributed by atoms with Crippen LogP contribution in [0, 0.1) is 6.92 Å². The Morgan fingerprint density at radius 3 is 2.59 bits per heavy atom. The SMILES string of the molecule is Cc1cc(Cl)ccc1[C@@H](O)c1cccc(Br)c1. The van der Waals surface area contributed by atoms with Gasteiger partial charge in [-0.25, -0.2) is 0 Å². The fourth-order valence-corrected chi connectivity index (χ4v) is 2.45. The molecule has 0 radical (unpaired) electrons. The summed E-state index contributed by atoms with van der Waals surface area (Å²) in [4.78, 5) is 0. The molecule has 0 saturated carbocycles. The minimum Gasteiger partial charge on any atom is -0.384 e. The standard InChI is InChI=1S/C14H12BrClO/c1-9-7-12(16)5-6-13(9)14(17)10-3-2-4-11(15)8-10/h2-8,14,17H,1H3/t14-/m0/s1. The molecule has 2 aromatic rings. The van der Waals surface area contributed by atoms with Gasteiger partial charge >= 0.3 is 0 Å². The Labute approximate surface area is 114 Å². The lowest BCUT2D eigenvalue weighted by Gasteiger charge is -2.14. The Kier molecular flexibility index (Phi) is 3.87. The van der Waals surface area contributed by atoms with Gasteiger partial charge in [0.2, 0.25) is 0 Å². The molecule has 0 bridgehead atoms. The van der Waals surface area contributed by atoms with Gasteiger partial charge in [0.25, 0.3) is 0 Å².